The molecule has 12 heteroatoms. The van der Waals surface area contributed by atoms with Crippen molar-refractivity contribution in [3.8, 4) is 17.2 Å². The lowest BCUT2D eigenvalue weighted by Gasteiger charge is -2.28. The number of hydrogen-bond donors (Lipinski definition) is 2. The number of aliphatic hydroxyl groups excluding tert-OH is 1. The van der Waals surface area contributed by atoms with Gasteiger partial charge in [-0.15, -0.1) is 0 Å². The van der Waals surface area contributed by atoms with Crippen LogP contribution in [0.15, 0.2) is 59.5 Å². The molecule has 0 bridgehead atoms. The third-order valence-corrected chi connectivity index (χ3v) is 7.29. The van der Waals surface area contributed by atoms with Gasteiger partial charge in [0, 0.05) is 16.7 Å². The summed E-state index contributed by atoms with van der Waals surface area (Å²) in [4.78, 5) is 11.7. The second-order valence-corrected chi connectivity index (χ2v) is 9.75. The molecule has 0 saturated heterocycles. The molecule has 0 aliphatic rings. The molecular formula is C24H24ClFN2O7S. The van der Waals surface area contributed by atoms with E-state index in [2.05, 4.69) is 0 Å². The fourth-order valence-corrected chi connectivity index (χ4v) is 5.29. The number of primary amides is 1. The van der Waals surface area contributed by atoms with Crippen molar-refractivity contribution in [2.24, 2.45) is 5.73 Å². The zero-order chi connectivity index (χ0) is 26.6. The summed E-state index contributed by atoms with van der Waals surface area (Å²) in [6.45, 7) is -0.785. The number of anilines is 1. The van der Waals surface area contributed by atoms with Gasteiger partial charge in [-0.05, 0) is 42.5 Å². The topological polar surface area (TPSA) is 128 Å². The van der Waals surface area contributed by atoms with E-state index in [1.54, 1.807) is 0 Å². The van der Waals surface area contributed by atoms with Gasteiger partial charge in [0.05, 0.1) is 37.5 Å². The first-order valence-electron chi connectivity index (χ1n) is 10.4. The molecule has 0 aromatic heterocycles. The zero-order valence-electron chi connectivity index (χ0n) is 19.6. The molecule has 0 spiro atoms. The molecule has 0 heterocycles. The molecule has 0 aliphatic heterocycles. The summed E-state index contributed by atoms with van der Waals surface area (Å²) in [5.41, 5.74) is 4.89. The summed E-state index contributed by atoms with van der Waals surface area (Å²) >= 11 is 6.15. The Bertz CT molecular complexity index is 1380. The second kappa shape index (κ2) is 11.0. The normalized spacial score (nSPS) is 12.1. The van der Waals surface area contributed by atoms with Crippen LogP contribution in [0.2, 0.25) is 5.02 Å². The van der Waals surface area contributed by atoms with Crippen LogP contribution in [0.5, 0.6) is 17.2 Å². The standard InChI is InChI=1S/C24H24ClFN2O7S/c1-33-19-10-8-15(12-21(19)35-3)36(31,32)28(13-22(27)29)18-9-7-14(25)11-16(18)24(30)23-17(26)5-4-6-20(23)34-2/h4-12,24,30H,13H2,1-3H3,(H2,27,29). The highest BCUT2D eigenvalue weighted by atomic mass is 35.5. The van der Waals surface area contributed by atoms with Crippen molar-refractivity contribution in [2.75, 3.05) is 32.2 Å². The third kappa shape index (κ3) is 5.32. The number of carbonyl (C=O) groups is 1. The first-order valence-corrected chi connectivity index (χ1v) is 12.2. The molecule has 1 unspecified atom stereocenters. The van der Waals surface area contributed by atoms with Crippen LogP contribution in [0.4, 0.5) is 10.1 Å². The van der Waals surface area contributed by atoms with Crippen molar-refractivity contribution < 1.29 is 36.9 Å². The maximum Gasteiger partial charge on any atom is 0.264 e. The Morgan fingerprint density at radius 1 is 1.03 bits per heavy atom. The minimum atomic E-state index is -4.47. The number of carbonyl (C=O) groups excluding carboxylic acids is 1. The lowest BCUT2D eigenvalue weighted by atomic mass is 9.98. The Hall–Kier alpha value is -3.54. The molecule has 0 saturated carbocycles. The Morgan fingerprint density at radius 2 is 1.69 bits per heavy atom. The van der Waals surface area contributed by atoms with Gasteiger partial charge in [-0.3, -0.25) is 9.10 Å². The number of aliphatic hydroxyl groups is 1. The molecule has 192 valence electrons. The molecule has 3 N–H and O–H groups in total. The van der Waals surface area contributed by atoms with Crippen molar-refractivity contribution in [3.05, 3.63) is 76.6 Å². The molecule has 1 atom stereocenters. The van der Waals surface area contributed by atoms with Crippen LogP contribution in [0.25, 0.3) is 0 Å². The SMILES string of the molecule is COc1ccc(S(=O)(=O)N(CC(N)=O)c2ccc(Cl)cc2C(O)c2c(F)cccc2OC)cc1OC. The van der Waals surface area contributed by atoms with Crippen LogP contribution >= 0.6 is 11.6 Å². The number of nitrogens with two attached hydrogens (primary N) is 1. The Morgan fingerprint density at radius 3 is 2.31 bits per heavy atom. The van der Waals surface area contributed by atoms with E-state index in [4.69, 9.17) is 31.5 Å². The van der Waals surface area contributed by atoms with Crippen LogP contribution in [0.1, 0.15) is 17.2 Å². The number of methoxy groups -OCH3 is 3. The molecule has 0 radical (unpaired) electrons. The maximum atomic E-state index is 14.8. The molecule has 0 aliphatic carbocycles. The largest absolute Gasteiger partial charge is 0.496 e. The molecule has 1 amide bonds. The van der Waals surface area contributed by atoms with Crippen molar-refractivity contribution in [2.45, 2.75) is 11.0 Å². The summed E-state index contributed by atoms with van der Waals surface area (Å²) in [5.74, 6) is -1.33. The predicted molar refractivity (Wildman–Crippen MR) is 132 cm³/mol. The van der Waals surface area contributed by atoms with Gasteiger partial charge >= 0.3 is 0 Å². The van der Waals surface area contributed by atoms with E-state index in [1.807, 2.05) is 0 Å². The van der Waals surface area contributed by atoms with Gasteiger partial charge in [-0.2, -0.15) is 0 Å². The number of halogens is 2. The van der Waals surface area contributed by atoms with Gasteiger partial charge in [-0.1, -0.05) is 17.7 Å². The quantitative estimate of drug-likeness (QED) is 0.405. The van der Waals surface area contributed by atoms with Gasteiger partial charge in [0.1, 0.15) is 24.2 Å². The minimum absolute atomic E-state index is 0.0256. The summed E-state index contributed by atoms with van der Waals surface area (Å²) in [5, 5.41) is 11.3. The van der Waals surface area contributed by atoms with Crippen LogP contribution in [-0.4, -0.2) is 47.3 Å². The molecular weight excluding hydrogens is 515 g/mol. The number of rotatable bonds is 10. The Labute approximate surface area is 212 Å². The molecule has 3 aromatic carbocycles. The van der Waals surface area contributed by atoms with Crippen LogP contribution < -0.4 is 24.2 Å². The van der Waals surface area contributed by atoms with Gasteiger partial charge in [0.15, 0.2) is 11.5 Å². The van der Waals surface area contributed by atoms with Crippen molar-refractivity contribution in [3.63, 3.8) is 0 Å². The van der Waals surface area contributed by atoms with E-state index in [9.17, 15) is 22.7 Å². The zero-order valence-corrected chi connectivity index (χ0v) is 21.1. The van der Waals surface area contributed by atoms with Crippen LogP contribution in [0, 0.1) is 5.82 Å². The number of ether oxygens (including phenoxy) is 3. The number of hydrogen-bond acceptors (Lipinski definition) is 7. The predicted octanol–water partition coefficient (Wildman–Crippen LogP) is 3.27. The smallest absolute Gasteiger partial charge is 0.264 e. The lowest BCUT2D eigenvalue weighted by molar-refractivity contribution is -0.116. The molecule has 36 heavy (non-hydrogen) atoms. The van der Waals surface area contributed by atoms with E-state index in [-0.39, 0.29) is 44.0 Å². The highest BCUT2D eigenvalue weighted by Crippen LogP contribution is 2.40. The van der Waals surface area contributed by atoms with Crippen molar-refractivity contribution >= 4 is 33.2 Å². The average molecular weight is 539 g/mol. The van der Waals surface area contributed by atoms with E-state index in [0.717, 1.165) is 6.07 Å². The van der Waals surface area contributed by atoms with Crippen LogP contribution in [0.3, 0.4) is 0 Å². The lowest BCUT2D eigenvalue weighted by Crippen LogP contribution is -2.39. The molecule has 3 rings (SSSR count). The fraction of sp³-hybridized carbons (Fsp3) is 0.208. The summed E-state index contributed by atoms with van der Waals surface area (Å²) in [6.07, 6.45) is -1.72. The van der Waals surface area contributed by atoms with Gasteiger partial charge in [0.2, 0.25) is 5.91 Å². The van der Waals surface area contributed by atoms with E-state index in [0.29, 0.717) is 4.31 Å². The number of benzene rings is 3. The maximum absolute atomic E-state index is 14.8. The Kier molecular flexibility index (Phi) is 8.28. The summed E-state index contributed by atoms with van der Waals surface area (Å²) < 4.78 is 58.5. The molecule has 3 aromatic rings. The fourth-order valence-electron chi connectivity index (χ4n) is 3.63. The number of sulfonamides is 1. The summed E-state index contributed by atoms with van der Waals surface area (Å²) in [6, 6.07) is 11.7. The first kappa shape index (κ1) is 27.1. The van der Waals surface area contributed by atoms with Gasteiger partial charge < -0.3 is 25.1 Å². The highest BCUT2D eigenvalue weighted by molar-refractivity contribution is 7.92. The monoisotopic (exact) mass is 538 g/mol. The summed E-state index contributed by atoms with van der Waals surface area (Å²) in [7, 11) is -0.439. The van der Waals surface area contributed by atoms with Crippen LogP contribution in [-0.2, 0) is 14.8 Å². The second-order valence-electron chi connectivity index (χ2n) is 7.46. The highest BCUT2D eigenvalue weighted by Gasteiger charge is 2.32. The average Bonchev–Trinajstić information content (AvgIpc) is 2.86. The van der Waals surface area contributed by atoms with E-state index in [1.165, 1.54) is 69.9 Å². The van der Waals surface area contributed by atoms with Gasteiger partial charge in [-0.25, -0.2) is 12.8 Å². The Balaban J connectivity index is 2.25. The van der Waals surface area contributed by atoms with Gasteiger partial charge in [0.25, 0.3) is 10.0 Å². The first-order chi connectivity index (χ1) is 17.0. The third-order valence-electron chi connectivity index (χ3n) is 5.30. The minimum Gasteiger partial charge on any atom is -0.496 e. The molecule has 9 nitrogen and oxygen atoms in total. The molecule has 0 fully saturated rings. The van der Waals surface area contributed by atoms with Crippen molar-refractivity contribution in [1.29, 1.82) is 0 Å². The van der Waals surface area contributed by atoms with E-state index < -0.39 is 34.4 Å². The van der Waals surface area contributed by atoms with Crippen molar-refractivity contribution in [1.82, 2.24) is 0 Å². The van der Waals surface area contributed by atoms with E-state index >= 15 is 0 Å². The number of amides is 1. The number of nitrogens with zero attached hydrogens (tertiary/aromatic N) is 1.